The molecule has 24 heavy (non-hydrogen) atoms. The first kappa shape index (κ1) is 18.6. The summed E-state index contributed by atoms with van der Waals surface area (Å²) < 4.78 is 5.22. The van der Waals surface area contributed by atoms with Crippen molar-refractivity contribution >= 4 is 29.9 Å². The van der Waals surface area contributed by atoms with E-state index in [-0.39, 0.29) is 24.0 Å². The largest absolute Gasteiger partial charge is 0.370 e. The number of halogens is 1. The summed E-state index contributed by atoms with van der Waals surface area (Å²) in [6.45, 7) is 4.81. The number of piperidine rings is 1. The second-order valence-electron chi connectivity index (χ2n) is 5.89. The van der Waals surface area contributed by atoms with Gasteiger partial charge >= 0.3 is 0 Å². The lowest BCUT2D eigenvalue weighted by molar-refractivity contribution is 0.277. The van der Waals surface area contributed by atoms with Crippen LogP contribution in [-0.2, 0) is 6.42 Å². The molecule has 8 heteroatoms. The average Bonchev–Trinajstić information content (AvgIpc) is 3.05. The molecule has 130 valence electrons. The van der Waals surface area contributed by atoms with Crippen LogP contribution in [0.15, 0.2) is 33.9 Å². The van der Waals surface area contributed by atoms with Gasteiger partial charge in [-0.3, -0.25) is 9.98 Å². The van der Waals surface area contributed by atoms with E-state index in [1.165, 1.54) is 12.8 Å². The molecule has 2 aromatic heterocycles. The summed E-state index contributed by atoms with van der Waals surface area (Å²) >= 11 is 0. The summed E-state index contributed by atoms with van der Waals surface area (Å²) in [7, 11) is 0. The standard InChI is InChI=1S/C16H22N6O.HI/c1-12-6-10-22(11-7-12)16(17)19-9-5-14-20-15(23-21-14)13-4-2-3-8-18-13;/h2-4,8,12H,5-7,9-11H2,1H3,(H2,17,19);1H. The first-order chi connectivity index (χ1) is 11.2. The van der Waals surface area contributed by atoms with Gasteiger partial charge in [0.25, 0.3) is 5.89 Å². The number of aliphatic imine (C=N–C) groups is 1. The molecule has 1 fully saturated rings. The van der Waals surface area contributed by atoms with Crippen molar-refractivity contribution < 1.29 is 4.52 Å². The van der Waals surface area contributed by atoms with Gasteiger partial charge in [0.15, 0.2) is 11.8 Å². The van der Waals surface area contributed by atoms with Gasteiger partial charge in [-0.1, -0.05) is 18.1 Å². The van der Waals surface area contributed by atoms with Gasteiger partial charge in [0.1, 0.15) is 5.69 Å². The van der Waals surface area contributed by atoms with Gasteiger partial charge in [-0.25, -0.2) is 0 Å². The molecule has 0 saturated carbocycles. The Morgan fingerprint density at radius 3 is 2.88 bits per heavy atom. The maximum atomic E-state index is 6.06. The van der Waals surface area contributed by atoms with Crippen LogP contribution in [0.3, 0.4) is 0 Å². The van der Waals surface area contributed by atoms with Crippen LogP contribution in [0.1, 0.15) is 25.6 Å². The Morgan fingerprint density at radius 1 is 1.38 bits per heavy atom. The fourth-order valence-corrected chi connectivity index (χ4v) is 2.56. The number of rotatable bonds is 4. The predicted octanol–water partition coefficient (Wildman–Crippen LogP) is 2.34. The molecule has 0 atom stereocenters. The van der Waals surface area contributed by atoms with E-state index >= 15 is 0 Å². The molecular formula is C16H23IN6O. The molecule has 0 bridgehead atoms. The van der Waals surface area contributed by atoms with Crippen molar-refractivity contribution in [3.8, 4) is 11.6 Å². The second-order valence-corrected chi connectivity index (χ2v) is 5.89. The van der Waals surface area contributed by atoms with E-state index in [1.807, 2.05) is 18.2 Å². The minimum absolute atomic E-state index is 0. The molecule has 7 nitrogen and oxygen atoms in total. The minimum atomic E-state index is 0. The van der Waals surface area contributed by atoms with Crippen LogP contribution in [0.4, 0.5) is 0 Å². The quantitative estimate of drug-likeness (QED) is 0.444. The summed E-state index contributed by atoms with van der Waals surface area (Å²) in [5.41, 5.74) is 6.73. The fourth-order valence-electron chi connectivity index (χ4n) is 2.56. The van der Waals surface area contributed by atoms with E-state index in [4.69, 9.17) is 10.3 Å². The van der Waals surface area contributed by atoms with Crippen LogP contribution in [0.2, 0.25) is 0 Å². The number of guanidine groups is 1. The number of pyridine rings is 1. The van der Waals surface area contributed by atoms with Crippen molar-refractivity contribution in [3.63, 3.8) is 0 Å². The highest BCUT2D eigenvalue weighted by molar-refractivity contribution is 14.0. The number of likely N-dealkylation sites (tertiary alicyclic amines) is 1. The highest BCUT2D eigenvalue weighted by atomic mass is 127. The SMILES string of the molecule is CC1CCN(C(N)=NCCc2noc(-c3ccccn3)n2)CC1.I. The predicted molar refractivity (Wildman–Crippen MR) is 103 cm³/mol. The number of aromatic nitrogens is 3. The third kappa shape index (κ3) is 4.89. The van der Waals surface area contributed by atoms with Crippen molar-refractivity contribution in [1.82, 2.24) is 20.0 Å². The molecule has 2 aromatic rings. The molecule has 1 aliphatic rings. The normalized spacial score (nSPS) is 16.0. The Balaban J connectivity index is 0.00000208. The van der Waals surface area contributed by atoms with Crippen LogP contribution >= 0.6 is 24.0 Å². The summed E-state index contributed by atoms with van der Waals surface area (Å²) in [6, 6.07) is 5.57. The van der Waals surface area contributed by atoms with Crippen LogP contribution in [0, 0.1) is 5.92 Å². The van der Waals surface area contributed by atoms with Crippen molar-refractivity contribution in [2.75, 3.05) is 19.6 Å². The van der Waals surface area contributed by atoms with E-state index in [0.717, 1.165) is 19.0 Å². The lowest BCUT2D eigenvalue weighted by Crippen LogP contribution is -2.42. The van der Waals surface area contributed by atoms with E-state index in [0.29, 0.717) is 36.3 Å². The second kappa shape index (κ2) is 8.95. The molecule has 0 radical (unpaired) electrons. The topological polar surface area (TPSA) is 93.4 Å². The molecule has 0 amide bonds. The molecule has 1 saturated heterocycles. The lowest BCUT2D eigenvalue weighted by atomic mass is 10.00. The number of hydrogen-bond acceptors (Lipinski definition) is 5. The van der Waals surface area contributed by atoms with Gasteiger partial charge < -0.3 is 15.2 Å². The van der Waals surface area contributed by atoms with Crippen LogP contribution in [0.5, 0.6) is 0 Å². The zero-order valence-electron chi connectivity index (χ0n) is 13.8. The van der Waals surface area contributed by atoms with Crippen LogP contribution in [-0.4, -0.2) is 45.6 Å². The maximum absolute atomic E-state index is 6.06. The zero-order chi connectivity index (χ0) is 16.1. The van der Waals surface area contributed by atoms with Gasteiger partial charge in [-0.15, -0.1) is 24.0 Å². The monoisotopic (exact) mass is 442 g/mol. The molecule has 0 aliphatic carbocycles. The summed E-state index contributed by atoms with van der Waals surface area (Å²) in [6.07, 6.45) is 4.65. The average molecular weight is 442 g/mol. The van der Waals surface area contributed by atoms with Crippen molar-refractivity contribution in [2.24, 2.45) is 16.6 Å². The Hall–Kier alpha value is -1.71. The fraction of sp³-hybridized carbons (Fsp3) is 0.500. The zero-order valence-corrected chi connectivity index (χ0v) is 16.1. The van der Waals surface area contributed by atoms with E-state index in [9.17, 15) is 0 Å². The Morgan fingerprint density at radius 2 is 2.17 bits per heavy atom. The van der Waals surface area contributed by atoms with Crippen molar-refractivity contribution in [1.29, 1.82) is 0 Å². The molecule has 0 unspecified atom stereocenters. The van der Waals surface area contributed by atoms with Crippen LogP contribution in [0.25, 0.3) is 11.6 Å². The summed E-state index contributed by atoms with van der Waals surface area (Å²) in [4.78, 5) is 15.1. The summed E-state index contributed by atoms with van der Waals surface area (Å²) in [5, 5.41) is 3.96. The lowest BCUT2D eigenvalue weighted by Gasteiger charge is -2.30. The highest BCUT2D eigenvalue weighted by Crippen LogP contribution is 2.16. The van der Waals surface area contributed by atoms with Gasteiger partial charge in [0.2, 0.25) is 0 Å². The Labute approximate surface area is 158 Å². The maximum Gasteiger partial charge on any atom is 0.276 e. The van der Waals surface area contributed by atoms with E-state index < -0.39 is 0 Å². The number of nitrogens with two attached hydrogens (primary N) is 1. The summed E-state index contributed by atoms with van der Waals surface area (Å²) in [5.74, 6) is 2.45. The van der Waals surface area contributed by atoms with Crippen molar-refractivity contribution in [2.45, 2.75) is 26.2 Å². The molecule has 3 rings (SSSR count). The Bertz CT molecular complexity index is 652. The Kier molecular flexibility index (Phi) is 6.95. The molecule has 3 heterocycles. The minimum Gasteiger partial charge on any atom is -0.370 e. The van der Waals surface area contributed by atoms with E-state index in [2.05, 4.69) is 31.9 Å². The molecule has 1 aliphatic heterocycles. The van der Waals surface area contributed by atoms with Gasteiger partial charge in [-0.05, 0) is 30.9 Å². The highest BCUT2D eigenvalue weighted by Gasteiger charge is 2.17. The molecule has 2 N–H and O–H groups in total. The molecular weight excluding hydrogens is 419 g/mol. The first-order valence-corrected chi connectivity index (χ1v) is 8.01. The number of nitrogens with zero attached hydrogens (tertiary/aromatic N) is 5. The first-order valence-electron chi connectivity index (χ1n) is 8.01. The smallest absolute Gasteiger partial charge is 0.276 e. The molecule has 0 aromatic carbocycles. The van der Waals surface area contributed by atoms with Gasteiger partial charge in [0.05, 0.1) is 0 Å². The third-order valence-electron chi connectivity index (χ3n) is 4.07. The van der Waals surface area contributed by atoms with Crippen LogP contribution < -0.4 is 5.73 Å². The number of hydrogen-bond donors (Lipinski definition) is 1. The molecule has 0 spiro atoms. The van der Waals surface area contributed by atoms with E-state index in [1.54, 1.807) is 6.20 Å². The van der Waals surface area contributed by atoms with Crippen molar-refractivity contribution in [3.05, 3.63) is 30.2 Å². The van der Waals surface area contributed by atoms with Gasteiger partial charge in [0, 0.05) is 32.3 Å². The van der Waals surface area contributed by atoms with Gasteiger partial charge in [-0.2, -0.15) is 4.98 Å². The third-order valence-corrected chi connectivity index (χ3v) is 4.07.